The van der Waals surface area contributed by atoms with Gasteiger partial charge in [0.05, 0.1) is 5.56 Å². The first-order valence-electron chi connectivity index (χ1n) is 4.62. The second-order valence-electron chi connectivity index (χ2n) is 3.26. The Morgan fingerprint density at radius 3 is 2.60 bits per heavy atom. The van der Waals surface area contributed by atoms with Crippen LogP contribution in [0.4, 0.5) is 5.00 Å². The normalized spacial score (nSPS) is 9.80. The van der Waals surface area contributed by atoms with Crippen molar-refractivity contribution in [3.63, 3.8) is 0 Å². The molecule has 74 valence electrons. The summed E-state index contributed by atoms with van der Waals surface area (Å²) in [6.45, 7) is 0. The van der Waals surface area contributed by atoms with Gasteiger partial charge in [-0.25, -0.2) is 0 Å². The zero-order valence-electron chi connectivity index (χ0n) is 8.10. The number of anilines is 1. The number of rotatable bonds is 2. The Balaban J connectivity index is 2.23. The fourth-order valence-corrected chi connectivity index (χ4v) is 2.34. The number of hydrogen-bond donors (Lipinski definition) is 1. The van der Waals surface area contributed by atoms with E-state index >= 15 is 0 Å². The standard InChI is InChI=1S/C12H10N2S/c13-8-10-7-11(15-12(10)14)6-9-4-2-1-3-5-9/h1-5,7H,6,14H2. The van der Waals surface area contributed by atoms with Crippen LogP contribution in [-0.4, -0.2) is 0 Å². The van der Waals surface area contributed by atoms with Gasteiger partial charge in [0.2, 0.25) is 0 Å². The molecule has 3 heteroatoms. The lowest BCUT2D eigenvalue weighted by Gasteiger charge is -1.96. The third kappa shape index (κ3) is 2.17. The van der Waals surface area contributed by atoms with Crippen molar-refractivity contribution < 1.29 is 0 Å². The van der Waals surface area contributed by atoms with Crippen molar-refractivity contribution in [2.75, 3.05) is 5.73 Å². The van der Waals surface area contributed by atoms with Gasteiger partial charge < -0.3 is 5.73 Å². The van der Waals surface area contributed by atoms with Crippen LogP contribution in [0.25, 0.3) is 0 Å². The molecule has 0 saturated heterocycles. The largest absolute Gasteiger partial charge is 0.389 e. The number of thiophene rings is 1. The predicted octanol–water partition coefficient (Wildman–Crippen LogP) is 2.79. The summed E-state index contributed by atoms with van der Waals surface area (Å²) in [7, 11) is 0. The summed E-state index contributed by atoms with van der Waals surface area (Å²) in [6, 6.07) is 14.1. The number of nitriles is 1. The summed E-state index contributed by atoms with van der Waals surface area (Å²) in [5.41, 5.74) is 7.53. The van der Waals surface area contributed by atoms with E-state index in [2.05, 4.69) is 18.2 Å². The first-order chi connectivity index (χ1) is 7.29. The molecule has 0 radical (unpaired) electrons. The molecule has 0 amide bonds. The zero-order chi connectivity index (χ0) is 10.7. The van der Waals surface area contributed by atoms with E-state index in [4.69, 9.17) is 11.0 Å². The third-order valence-corrected chi connectivity index (χ3v) is 3.12. The lowest BCUT2D eigenvalue weighted by atomic mass is 10.1. The highest BCUT2D eigenvalue weighted by atomic mass is 32.1. The lowest BCUT2D eigenvalue weighted by molar-refractivity contribution is 1.24. The van der Waals surface area contributed by atoms with Crippen LogP contribution in [0, 0.1) is 11.3 Å². The van der Waals surface area contributed by atoms with Crippen molar-refractivity contribution in [2.24, 2.45) is 0 Å². The van der Waals surface area contributed by atoms with E-state index in [1.807, 2.05) is 24.3 Å². The molecule has 0 fully saturated rings. The van der Waals surface area contributed by atoms with Gasteiger partial charge in [0.1, 0.15) is 11.1 Å². The van der Waals surface area contributed by atoms with E-state index in [-0.39, 0.29) is 0 Å². The fraction of sp³-hybridized carbons (Fsp3) is 0.0833. The molecule has 2 N–H and O–H groups in total. The predicted molar refractivity (Wildman–Crippen MR) is 62.7 cm³/mol. The Morgan fingerprint density at radius 1 is 1.27 bits per heavy atom. The van der Waals surface area contributed by atoms with Gasteiger partial charge >= 0.3 is 0 Å². The van der Waals surface area contributed by atoms with Gasteiger partial charge in [-0.1, -0.05) is 30.3 Å². The summed E-state index contributed by atoms with van der Waals surface area (Å²) in [6.07, 6.45) is 0.845. The number of nitrogens with zero attached hydrogens (tertiary/aromatic N) is 1. The maximum absolute atomic E-state index is 8.77. The first kappa shape index (κ1) is 9.75. The molecule has 0 bridgehead atoms. The molecular weight excluding hydrogens is 204 g/mol. The van der Waals surface area contributed by atoms with Gasteiger partial charge in [0.15, 0.2) is 0 Å². The summed E-state index contributed by atoms with van der Waals surface area (Å²) in [5, 5.41) is 9.39. The highest BCUT2D eigenvalue weighted by Crippen LogP contribution is 2.26. The molecule has 0 spiro atoms. The number of nitrogen functional groups attached to an aromatic ring is 1. The average Bonchev–Trinajstić information content (AvgIpc) is 2.60. The monoisotopic (exact) mass is 214 g/mol. The molecule has 0 aliphatic heterocycles. The maximum Gasteiger partial charge on any atom is 0.104 e. The van der Waals surface area contributed by atoms with Crippen molar-refractivity contribution in [2.45, 2.75) is 6.42 Å². The molecule has 0 saturated carbocycles. The van der Waals surface area contributed by atoms with Crippen LogP contribution in [0.5, 0.6) is 0 Å². The van der Waals surface area contributed by atoms with E-state index in [1.165, 1.54) is 16.9 Å². The van der Waals surface area contributed by atoms with Gasteiger partial charge in [-0.2, -0.15) is 5.26 Å². The van der Waals surface area contributed by atoms with Crippen LogP contribution in [-0.2, 0) is 6.42 Å². The van der Waals surface area contributed by atoms with E-state index < -0.39 is 0 Å². The average molecular weight is 214 g/mol. The molecule has 0 aliphatic carbocycles. The van der Waals surface area contributed by atoms with Gasteiger partial charge in [-0.3, -0.25) is 0 Å². The Bertz CT molecular complexity index is 494. The molecule has 0 unspecified atom stereocenters. The second kappa shape index (κ2) is 4.16. The topological polar surface area (TPSA) is 49.8 Å². The van der Waals surface area contributed by atoms with E-state index in [1.54, 1.807) is 0 Å². The van der Waals surface area contributed by atoms with Gasteiger partial charge in [0, 0.05) is 11.3 Å². The fourth-order valence-electron chi connectivity index (χ4n) is 1.43. The van der Waals surface area contributed by atoms with Gasteiger partial charge in [-0.15, -0.1) is 11.3 Å². The molecular formula is C12H10N2S. The van der Waals surface area contributed by atoms with Crippen molar-refractivity contribution >= 4 is 16.3 Å². The molecule has 2 nitrogen and oxygen atoms in total. The quantitative estimate of drug-likeness (QED) is 0.835. The van der Waals surface area contributed by atoms with E-state index in [0.29, 0.717) is 10.6 Å². The summed E-state index contributed by atoms with van der Waals surface area (Å²) in [4.78, 5) is 1.13. The third-order valence-electron chi connectivity index (χ3n) is 2.15. The molecule has 1 heterocycles. The Labute approximate surface area is 92.6 Å². The van der Waals surface area contributed by atoms with Crippen LogP contribution in [0.15, 0.2) is 36.4 Å². The van der Waals surface area contributed by atoms with Gasteiger partial charge in [0.25, 0.3) is 0 Å². The molecule has 1 aromatic carbocycles. The maximum atomic E-state index is 8.77. The second-order valence-corrected chi connectivity index (χ2v) is 4.43. The zero-order valence-corrected chi connectivity index (χ0v) is 8.92. The summed E-state index contributed by atoms with van der Waals surface area (Å²) < 4.78 is 0. The van der Waals surface area contributed by atoms with E-state index in [0.717, 1.165) is 11.3 Å². The molecule has 0 aliphatic rings. The lowest BCUT2D eigenvalue weighted by Crippen LogP contribution is -1.82. The van der Waals surface area contributed by atoms with Gasteiger partial charge in [-0.05, 0) is 11.6 Å². The molecule has 1 aromatic heterocycles. The Morgan fingerprint density at radius 2 is 2.00 bits per heavy atom. The molecule has 2 aromatic rings. The van der Waals surface area contributed by atoms with Crippen LogP contribution in [0.2, 0.25) is 0 Å². The highest BCUT2D eigenvalue weighted by molar-refractivity contribution is 7.16. The molecule has 2 rings (SSSR count). The highest BCUT2D eigenvalue weighted by Gasteiger charge is 2.05. The smallest absolute Gasteiger partial charge is 0.104 e. The summed E-state index contributed by atoms with van der Waals surface area (Å²) >= 11 is 1.49. The summed E-state index contributed by atoms with van der Waals surface area (Å²) in [5.74, 6) is 0. The van der Waals surface area contributed by atoms with Crippen LogP contribution in [0.1, 0.15) is 16.0 Å². The minimum Gasteiger partial charge on any atom is -0.389 e. The molecule has 0 atom stereocenters. The van der Waals surface area contributed by atoms with Crippen molar-refractivity contribution in [1.29, 1.82) is 5.26 Å². The van der Waals surface area contributed by atoms with E-state index in [9.17, 15) is 0 Å². The minimum absolute atomic E-state index is 0.589. The number of nitrogens with two attached hydrogens (primary N) is 1. The Hall–Kier alpha value is -1.79. The van der Waals surface area contributed by atoms with Crippen molar-refractivity contribution in [3.8, 4) is 6.07 Å². The first-order valence-corrected chi connectivity index (χ1v) is 5.43. The number of hydrogen-bond acceptors (Lipinski definition) is 3. The van der Waals surface area contributed by atoms with Crippen LogP contribution in [0.3, 0.4) is 0 Å². The van der Waals surface area contributed by atoms with Crippen molar-refractivity contribution in [3.05, 3.63) is 52.4 Å². The number of benzene rings is 1. The Kier molecular flexibility index (Phi) is 2.70. The minimum atomic E-state index is 0.589. The van der Waals surface area contributed by atoms with Crippen LogP contribution < -0.4 is 5.73 Å². The van der Waals surface area contributed by atoms with Crippen molar-refractivity contribution in [1.82, 2.24) is 0 Å². The van der Waals surface area contributed by atoms with Crippen LogP contribution >= 0.6 is 11.3 Å². The SMILES string of the molecule is N#Cc1cc(Cc2ccccc2)sc1N. The molecule has 15 heavy (non-hydrogen) atoms.